The largest absolute Gasteiger partial charge is 0.458 e. The van der Waals surface area contributed by atoms with E-state index in [1.54, 1.807) is 0 Å². The van der Waals surface area contributed by atoms with Crippen LogP contribution in [-0.2, 0) is 12.4 Å². The van der Waals surface area contributed by atoms with Crippen LogP contribution >= 0.6 is 0 Å². The maximum Gasteiger partial charge on any atom is 0.244 e. The molecule has 0 aliphatic carbocycles. The van der Waals surface area contributed by atoms with Crippen molar-refractivity contribution in [2.45, 2.75) is 45.4 Å². The molecule has 1 fully saturated rings. The molecule has 4 heterocycles. The number of anilines is 1. The van der Waals surface area contributed by atoms with E-state index in [4.69, 9.17) is 13.8 Å². The Morgan fingerprint density at radius 1 is 0.761 bits per heavy atom. The summed E-state index contributed by atoms with van der Waals surface area (Å²) in [5.41, 5.74) is 6.47. The highest BCUT2D eigenvalue weighted by molar-refractivity contribution is 6.09. The first-order valence-corrected chi connectivity index (χ1v) is 16.1. The van der Waals surface area contributed by atoms with E-state index in [-0.39, 0.29) is 5.41 Å². The molecule has 0 N–H and O–H groups in total. The number of hydrogen-bond donors (Lipinski definition) is 0. The molecule has 6 nitrogen and oxygen atoms in total. The molecule has 46 heavy (non-hydrogen) atoms. The maximum atomic E-state index is 8.27. The Morgan fingerprint density at radius 3 is 2.43 bits per heavy atom. The van der Waals surface area contributed by atoms with Crippen molar-refractivity contribution in [1.29, 1.82) is 0 Å². The van der Waals surface area contributed by atoms with Gasteiger partial charge >= 0.3 is 0 Å². The van der Waals surface area contributed by atoms with Crippen molar-refractivity contribution in [2.24, 2.45) is 6.98 Å². The lowest BCUT2D eigenvalue weighted by Crippen LogP contribution is -2.30. The third-order valence-corrected chi connectivity index (χ3v) is 9.16. The first kappa shape index (κ1) is 25.1. The molecule has 0 radical (unpaired) electrons. The fourth-order valence-electron chi connectivity index (χ4n) is 6.72. The van der Waals surface area contributed by atoms with Crippen LogP contribution in [0.5, 0.6) is 11.5 Å². The molecule has 8 rings (SSSR count). The number of pyridine rings is 1. The molecule has 3 aromatic heterocycles. The molecule has 4 aromatic carbocycles. The molecule has 6 heteroatoms. The van der Waals surface area contributed by atoms with Gasteiger partial charge in [0.1, 0.15) is 17.3 Å². The van der Waals surface area contributed by atoms with Crippen molar-refractivity contribution in [2.75, 3.05) is 18.0 Å². The SMILES string of the molecule is [2H]C([2H])([2H])[n+]1[c-]n(-c2cccc(Oc3ccc4c5ccccc5n(-c5cc(C(C)(C)C)ccn5)c4c3)c2)c2ccc(N3CCCCC3)cc21. The molecule has 0 amide bonds. The van der Waals surface area contributed by atoms with Crippen LogP contribution < -0.4 is 14.2 Å². The summed E-state index contributed by atoms with van der Waals surface area (Å²) in [5, 5.41) is 2.27. The number of para-hydroxylation sites is 1. The maximum absolute atomic E-state index is 8.27. The summed E-state index contributed by atoms with van der Waals surface area (Å²) in [6.45, 7) is 6.21. The van der Waals surface area contributed by atoms with Crippen molar-refractivity contribution in [3.63, 3.8) is 0 Å². The Labute approximate surface area is 274 Å². The number of rotatable bonds is 5. The molecule has 230 valence electrons. The molecule has 0 atom stereocenters. The zero-order chi connectivity index (χ0) is 33.9. The quantitative estimate of drug-likeness (QED) is 0.145. The van der Waals surface area contributed by atoms with E-state index >= 15 is 0 Å². The van der Waals surface area contributed by atoms with Gasteiger partial charge in [0, 0.05) is 41.8 Å². The summed E-state index contributed by atoms with van der Waals surface area (Å²) in [6, 6.07) is 32.6. The van der Waals surface area contributed by atoms with Gasteiger partial charge in [0.2, 0.25) is 6.33 Å². The number of fused-ring (bicyclic) bond motifs is 4. The highest BCUT2D eigenvalue weighted by Crippen LogP contribution is 2.36. The average Bonchev–Trinajstić information content (AvgIpc) is 3.64. The lowest BCUT2D eigenvalue weighted by molar-refractivity contribution is -0.649. The first-order chi connectivity index (χ1) is 23.5. The Bertz CT molecular complexity index is 2340. The number of imidazole rings is 1. The summed E-state index contributed by atoms with van der Waals surface area (Å²) in [4.78, 5) is 7.14. The van der Waals surface area contributed by atoms with Gasteiger partial charge in [0.15, 0.2) is 0 Å². The van der Waals surface area contributed by atoms with Crippen molar-refractivity contribution >= 4 is 38.5 Å². The molecule has 0 bridgehead atoms. The molecule has 0 unspecified atom stereocenters. The van der Waals surface area contributed by atoms with Gasteiger partial charge in [-0.3, -0.25) is 4.57 Å². The summed E-state index contributed by atoms with van der Waals surface area (Å²) in [5.74, 6) is 2.18. The van der Waals surface area contributed by atoms with Gasteiger partial charge in [0.25, 0.3) is 0 Å². The van der Waals surface area contributed by atoms with E-state index < -0.39 is 6.98 Å². The molecular weight excluding hydrogens is 566 g/mol. The predicted octanol–water partition coefficient (Wildman–Crippen LogP) is 8.83. The highest BCUT2D eigenvalue weighted by atomic mass is 16.5. The Balaban J connectivity index is 1.19. The molecule has 1 aliphatic heterocycles. The topological polar surface area (TPSA) is 39.1 Å². The van der Waals surface area contributed by atoms with Crippen molar-refractivity contribution in [3.8, 4) is 23.0 Å². The molecule has 1 saturated heterocycles. The zero-order valence-electron chi connectivity index (χ0n) is 29.5. The van der Waals surface area contributed by atoms with Crippen LogP contribution in [0.4, 0.5) is 5.69 Å². The highest BCUT2D eigenvalue weighted by Gasteiger charge is 2.19. The summed E-state index contributed by atoms with van der Waals surface area (Å²) >= 11 is 0. The van der Waals surface area contributed by atoms with Gasteiger partial charge in [-0.05, 0) is 84.8 Å². The van der Waals surface area contributed by atoms with Gasteiger partial charge in [0.05, 0.1) is 38.8 Å². The van der Waals surface area contributed by atoms with Crippen LogP contribution in [-0.4, -0.2) is 27.2 Å². The second-order valence-corrected chi connectivity index (χ2v) is 13.3. The fourth-order valence-corrected chi connectivity index (χ4v) is 6.72. The lowest BCUT2D eigenvalue weighted by atomic mass is 9.88. The second-order valence-electron chi connectivity index (χ2n) is 13.3. The van der Waals surface area contributed by atoms with Crippen LogP contribution in [0.15, 0.2) is 103 Å². The third kappa shape index (κ3) is 4.98. The predicted molar refractivity (Wildman–Crippen MR) is 187 cm³/mol. The van der Waals surface area contributed by atoms with Gasteiger partial charge in [-0.1, -0.05) is 57.2 Å². The van der Waals surface area contributed by atoms with Gasteiger partial charge in [-0.15, -0.1) is 0 Å². The molecule has 0 saturated carbocycles. The number of aryl methyl sites for hydroxylation is 1. The van der Waals surface area contributed by atoms with Crippen LogP contribution in [0.3, 0.4) is 0 Å². The Morgan fingerprint density at radius 2 is 1.59 bits per heavy atom. The monoisotopic (exact) mass is 608 g/mol. The summed E-state index contributed by atoms with van der Waals surface area (Å²) < 4.78 is 36.6. The minimum Gasteiger partial charge on any atom is -0.458 e. The van der Waals surface area contributed by atoms with E-state index in [2.05, 4.69) is 91.2 Å². The number of benzene rings is 4. The third-order valence-electron chi connectivity index (χ3n) is 9.16. The normalized spacial score (nSPS) is 15.3. The van der Waals surface area contributed by atoms with E-state index in [0.29, 0.717) is 17.0 Å². The molecular formula is C40H39N5O. The van der Waals surface area contributed by atoms with Gasteiger partial charge in [-0.2, -0.15) is 0 Å². The number of ether oxygens (including phenoxy) is 1. The number of hydrogen-bond acceptors (Lipinski definition) is 3. The van der Waals surface area contributed by atoms with E-state index in [9.17, 15) is 0 Å². The minimum absolute atomic E-state index is 0.0173. The summed E-state index contributed by atoms with van der Waals surface area (Å²) in [7, 11) is 0. The van der Waals surface area contributed by atoms with E-state index in [0.717, 1.165) is 70.4 Å². The molecule has 1 aliphatic rings. The van der Waals surface area contributed by atoms with E-state index in [1.807, 2.05) is 53.2 Å². The smallest absolute Gasteiger partial charge is 0.244 e. The van der Waals surface area contributed by atoms with Crippen LogP contribution in [0.25, 0.3) is 44.3 Å². The summed E-state index contributed by atoms with van der Waals surface area (Å²) in [6.07, 6.45) is 8.54. The second kappa shape index (κ2) is 11.1. The number of piperidine rings is 1. The molecule has 7 aromatic rings. The Hall–Kier alpha value is -5.10. The first-order valence-electron chi connectivity index (χ1n) is 17.6. The molecule has 0 spiro atoms. The average molecular weight is 609 g/mol. The fraction of sp³-hybridized carbons (Fsp3) is 0.250. The zero-order valence-corrected chi connectivity index (χ0v) is 26.5. The Kier molecular flexibility index (Phi) is 6.04. The van der Waals surface area contributed by atoms with Crippen molar-refractivity contribution in [3.05, 3.63) is 115 Å². The van der Waals surface area contributed by atoms with Gasteiger partial charge < -0.3 is 18.8 Å². The minimum atomic E-state index is -2.38. The standard InChI is InChI=1S/C40H39N5O/c1-40(2,3)28-19-20-41-39(23-28)45-35-14-7-6-13-33(35)34-17-16-32(26-37(34)45)46-31-12-10-11-30(24-31)44-27-42(4)38-25-29(15-18-36(38)44)43-21-8-5-9-22-43/h6-7,10-20,23-26H,5,8-9,21-22H2,1-4H3/i4D3. The van der Waals surface area contributed by atoms with Crippen LogP contribution in [0.2, 0.25) is 0 Å². The van der Waals surface area contributed by atoms with Crippen LogP contribution in [0, 0.1) is 6.33 Å². The van der Waals surface area contributed by atoms with Crippen molar-refractivity contribution < 1.29 is 13.4 Å². The van der Waals surface area contributed by atoms with Crippen molar-refractivity contribution in [1.82, 2.24) is 14.1 Å². The number of aromatic nitrogens is 4. The van der Waals surface area contributed by atoms with Crippen LogP contribution in [0.1, 0.15) is 49.7 Å². The lowest BCUT2D eigenvalue weighted by Gasteiger charge is -2.29. The van der Waals surface area contributed by atoms with E-state index in [1.165, 1.54) is 16.6 Å². The van der Waals surface area contributed by atoms with Gasteiger partial charge in [-0.25, -0.2) is 4.98 Å². The number of nitrogens with zero attached hydrogens (tertiary/aromatic N) is 5.